The molecule has 1 aromatic rings. The summed E-state index contributed by atoms with van der Waals surface area (Å²) >= 11 is 2.86. The summed E-state index contributed by atoms with van der Waals surface area (Å²) in [6.45, 7) is -0.0760. The Hall–Kier alpha value is -2.03. The molecule has 0 saturated carbocycles. The molecule has 1 aromatic carbocycles. The van der Waals surface area contributed by atoms with E-state index in [1.165, 1.54) is 19.2 Å². The highest BCUT2D eigenvalue weighted by molar-refractivity contribution is 9.10. The van der Waals surface area contributed by atoms with Gasteiger partial charge in [0.15, 0.2) is 0 Å². The van der Waals surface area contributed by atoms with Crippen LogP contribution in [0.4, 0.5) is 15.8 Å². The molecule has 9 heteroatoms. The molecule has 112 valence electrons. The third-order valence-corrected chi connectivity index (χ3v) is 3.79. The summed E-state index contributed by atoms with van der Waals surface area (Å²) in [5, 5.41) is 11.0. The Morgan fingerprint density at radius 1 is 1.57 bits per heavy atom. The molecule has 1 aliphatic rings. The Morgan fingerprint density at radius 3 is 2.81 bits per heavy atom. The summed E-state index contributed by atoms with van der Waals surface area (Å²) in [4.78, 5) is 34.6. The second kappa shape index (κ2) is 5.76. The molecule has 0 radical (unpaired) electrons. The lowest BCUT2D eigenvalue weighted by Gasteiger charge is -2.16. The van der Waals surface area contributed by atoms with Crippen molar-refractivity contribution >= 4 is 39.2 Å². The summed E-state index contributed by atoms with van der Waals surface area (Å²) in [5.41, 5.74) is -0.972. The maximum atomic E-state index is 13.9. The van der Waals surface area contributed by atoms with E-state index in [9.17, 15) is 24.1 Å². The SMILES string of the molecule is COC(=O)C1CC(=O)N(c2ccc(Br)c(F)c2[N+](=O)[O-])C1. The molecule has 7 nitrogen and oxygen atoms in total. The number of nitrogens with zero attached hydrogens (tertiary/aromatic N) is 2. The molecule has 1 saturated heterocycles. The molecular formula is C12H10BrFN2O5. The fourth-order valence-corrected chi connectivity index (χ4v) is 2.51. The molecule has 0 N–H and O–H groups in total. The Bertz CT molecular complexity index is 636. The van der Waals surface area contributed by atoms with Gasteiger partial charge in [-0.1, -0.05) is 0 Å². The van der Waals surface area contributed by atoms with E-state index in [2.05, 4.69) is 20.7 Å². The van der Waals surface area contributed by atoms with Crippen LogP contribution in [0, 0.1) is 21.8 Å². The Kier molecular flexibility index (Phi) is 4.21. The second-order valence-corrected chi connectivity index (χ2v) is 5.27. The molecule has 1 aliphatic heterocycles. The molecule has 0 spiro atoms. The van der Waals surface area contributed by atoms with Crippen molar-refractivity contribution in [1.29, 1.82) is 0 Å². The number of carbonyl (C=O) groups excluding carboxylic acids is 2. The summed E-state index contributed by atoms with van der Waals surface area (Å²) in [6.07, 6.45) is -0.124. The van der Waals surface area contributed by atoms with Crippen molar-refractivity contribution in [2.24, 2.45) is 5.92 Å². The van der Waals surface area contributed by atoms with Crippen LogP contribution in [0.5, 0.6) is 0 Å². The zero-order chi connectivity index (χ0) is 15.7. The highest BCUT2D eigenvalue weighted by atomic mass is 79.9. The summed E-state index contributed by atoms with van der Waals surface area (Å²) in [5.74, 6) is -2.85. The van der Waals surface area contributed by atoms with Crippen molar-refractivity contribution < 1.29 is 23.6 Å². The molecular weight excluding hydrogens is 351 g/mol. The Morgan fingerprint density at radius 2 is 2.24 bits per heavy atom. The molecule has 1 atom stereocenters. The number of nitro groups is 1. The lowest BCUT2D eigenvalue weighted by atomic mass is 10.1. The molecule has 1 heterocycles. The van der Waals surface area contributed by atoms with Gasteiger partial charge in [-0.2, -0.15) is 4.39 Å². The van der Waals surface area contributed by atoms with Gasteiger partial charge >= 0.3 is 11.7 Å². The molecule has 21 heavy (non-hydrogen) atoms. The van der Waals surface area contributed by atoms with Crippen LogP contribution in [0.15, 0.2) is 16.6 Å². The quantitative estimate of drug-likeness (QED) is 0.467. The van der Waals surface area contributed by atoms with Crippen LogP contribution in [0.1, 0.15) is 6.42 Å². The number of ether oxygens (including phenoxy) is 1. The van der Waals surface area contributed by atoms with Crippen LogP contribution < -0.4 is 4.90 Å². The van der Waals surface area contributed by atoms with E-state index < -0.39 is 34.2 Å². The minimum absolute atomic E-state index is 0.0749. The number of nitro benzene ring substituents is 1. The third-order valence-electron chi connectivity index (χ3n) is 3.18. The normalized spacial score (nSPS) is 18.0. The number of methoxy groups -OCH3 is 1. The summed E-state index contributed by atoms with van der Waals surface area (Å²) in [6, 6.07) is 2.54. The predicted octanol–water partition coefficient (Wildman–Crippen LogP) is 2.02. The molecule has 1 fully saturated rings. The van der Waals surface area contributed by atoms with Gasteiger partial charge in [-0.25, -0.2) is 0 Å². The van der Waals surface area contributed by atoms with Crippen molar-refractivity contribution in [3.05, 3.63) is 32.5 Å². The van der Waals surface area contributed by atoms with Gasteiger partial charge in [0.2, 0.25) is 11.7 Å². The largest absolute Gasteiger partial charge is 0.469 e. The van der Waals surface area contributed by atoms with Gasteiger partial charge in [0, 0.05) is 13.0 Å². The van der Waals surface area contributed by atoms with Gasteiger partial charge in [-0.3, -0.25) is 19.7 Å². The molecule has 2 rings (SSSR count). The zero-order valence-corrected chi connectivity index (χ0v) is 12.4. The topological polar surface area (TPSA) is 89.8 Å². The standard InChI is InChI=1S/C12H10BrFN2O5/c1-21-12(18)6-4-9(17)15(5-6)8-3-2-7(13)10(14)11(8)16(19)20/h2-3,6H,4-5H2,1H3. The average molecular weight is 361 g/mol. The second-order valence-electron chi connectivity index (χ2n) is 4.41. The van der Waals surface area contributed by atoms with E-state index in [1.807, 2.05) is 0 Å². The fraction of sp³-hybridized carbons (Fsp3) is 0.333. The van der Waals surface area contributed by atoms with Crippen molar-refractivity contribution in [1.82, 2.24) is 0 Å². The molecule has 0 bridgehead atoms. The van der Waals surface area contributed by atoms with Crippen molar-refractivity contribution in [2.45, 2.75) is 6.42 Å². The monoisotopic (exact) mass is 360 g/mol. The Balaban J connectivity index is 2.43. The first-order valence-electron chi connectivity index (χ1n) is 5.87. The number of carbonyl (C=O) groups is 2. The van der Waals surface area contributed by atoms with Crippen LogP contribution in [0.2, 0.25) is 0 Å². The first-order chi connectivity index (χ1) is 9.86. The maximum Gasteiger partial charge on any atom is 0.329 e. The average Bonchev–Trinajstić information content (AvgIpc) is 2.82. The number of benzene rings is 1. The smallest absolute Gasteiger partial charge is 0.329 e. The number of anilines is 1. The number of amides is 1. The molecule has 0 aromatic heterocycles. The number of rotatable bonds is 3. The highest BCUT2D eigenvalue weighted by Crippen LogP contribution is 2.37. The van der Waals surface area contributed by atoms with Crippen LogP contribution in [0.25, 0.3) is 0 Å². The van der Waals surface area contributed by atoms with E-state index in [0.29, 0.717) is 0 Å². The van der Waals surface area contributed by atoms with Gasteiger partial charge < -0.3 is 9.64 Å². The van der Waals surface area contributed by atoms with E-state index in [0.717, 1.165) is 4.90 Å². The number of halogens is 2. The van der Waals surface area contributed by atoms with Crippen LogP contribution in [-0.2, 0) is 14.3 Å². The summed E-state index contributed by atoms with van der Waals surface area (Å²) < 4.78 is 18.4. The third kappa shape index (κ3) is 2.73. The fourth-order valence-electron chi connectivity index (χ4n) is 2.19. The maximum absolute atomic E-state index is 13.9. The predicted molar refractivity (Wildman–Crippen MR) is 73.2 cm³/mol. The lowest BCUT2D eigenvalue weighted by molar-refractivity contribution is -0.386. The van der Waals surface area contributed by atoms with Gasteiger partial charge in [0.1, 0.15) is 5.69 Å². The van der Waals surface area contributed by atoms with E-state index in [1.54, 1.807) is 0 Å². The van der Waals surface area contributed by atoms with Gasteiger partial charge in [-0.05, 0) is 28.1 Å². The van der Waals surface area contributed by atoms with Crippen molar-refractivity contribution in [3.63, 3.8) is 0 Å². The lowest BCUT2D eigenvalue weighted by Crippen LogP contribution is -2.27. The van der Waals surface area contributed by atoms with Crippen LogP contribution >= 0.6 is 15.9 Å². The minimum atomic E-state index is -1.06. The number of esters is 1. The van der Waals surface area contributed by atoms with Crippen molar-refractivity contribution in [3.8, 4) is 0 Å². The zero-order valence-electron chi connectivity index (χ0n) is 10.8. The first-order valence-corrected chi connectivity index (χ1v) is 6.66. The van der Waals surface area contributed by atoms with E-state index >= 15 is 0 Å². The summed E-state index contributed by atoms with van der Waals surface area (Å²) in [7, 11) is 1.19. The van der Waals surface area contributed by atoms with Crippen LogP contribution in [-0.4, -0.2) is 30.5 Å². The van der Waals surface area contributed by atoms with E-state index in [-0.39, 0.29) is 23.1 Å². The van der Waals surface area contributed by atoms with Crippen LogP contribution in [0.3, 0.4) is 0 Å². The molecule has 1 unspecified atom stereocenters. The number of hydrogen-bond acceptors (Lipinski definition) is 5. The first kappa shape index (κ1) is 15.4. The highest BCUT2D eigenvalue weighted by Gasteiger charge is 2.39. The minimum Gasteiger partial charge on any atom is -0.469 e. The molecule has 0 aliphatic carbocycles. The molecule has 1 amide bonds. The van der Waals surface area contributed by atoms with Crippen molar-refractivity contribution in [2.75, 3.05) is 18.6 Å². The Labute approximate surface area is 126 Å². The van der Waals surface area contributed by atoms with Gasteiger partial charge in [-0.15, -0.1) is 0 Å². The number of hydrogen-bond donors (Lipinski definition) is 0. The van der Waals surface area contributed by atoms with Gasteiger partial charge in [0.05, 0.1) is 22.4 Å². The van der Waals surface area contributed by atoms with E-state index in [4.69, 9.17) is 0 Å². The van der Waals surface area contributed by atoms with Gasteiger partial charge in [0.25, 0.3) is 0 Å².